The minimum absolute atomic E-state index is 0.0242. The average Bonchev–Trinajstić information content (AvgIpc) is 2.75. The summed E-state index contributed by atoms with van der Waals surface area (Å²) in [6.07, 6.45) is 1.11. The molecule has 118 valence electrons. The van der Waals surface area contributed by atoms with Gasteiger partial charge in [0.1, 0.15) is 24.1 Å². The molecule has 2 aliphatic rings. The number of methoxy groups -OCH3 is 1. The molecule has 1 saturated heterocycles. The number of amides is 1. The Bertz CT molecular complexity index is 437. The fraction of sp³-hybridized carbons (Fsp3) is 0.643. The number of ether oxygens (including phenoxy) is 3. The van der Waals surface area contributed by atoms with Crippen molar-refractivity contribution < 1.29 is 24.1 Å². The maximum absolute atomic E-state index is 11.3. The third-order valence-corrected chi connectivity index (χ3v) is 3.41. The first-order valence-electron chi connectivity index (χ1n) is 6.89. The van der Waals surface area contributed by atoms with Crippen molar-refractivity contribution in [3.05, 3.63) is 24.7 Å². The molecule has 2 rings (SSSR count). The smallest absolute Gasteiger partial charge is 0.250 e. The minimum atomic E-state index is -0.528. The van der Waals surface area contributed by atoms with Gasteiger partial charge in [-0.05, 0) is 13.8 Å². The van der Waals surface area contributed by atoms with Crippen LogP contribution in [0.1, 0.15) is 13.8 Å². The predicted octanol–water partition coefficient (Wildman–Crippen LogP) is -0.0711. The number of aliphatic hydroxyl groups excluding tert-OH is 1. The van der Waals surface area contributed by atoms with Gasteiger partial charge in [0, 0.05) is 19.4 Å². The van der Waals surface area contributed by atoms with E-state index in [-0.39, 0.29) is 18.6 Å². The first-order valence-corrected chi connectivity index (χ1v) is 6.89. The molecule has 7 nitrogen and oxygen atoms in total. The number of carbonyl (C=O) groups is 1. The Kier molecular flexibility index (Phi) is 5.00. The van der Waals surface area contributed by atoms with E-state index in [1.165, 1.54) is 6.08 Å². The average molecular weight is 298 g/mol. The maximum atomic E-state index is 11.3. The summed E-state index contributed by atoms with van der Waals surface area (Å²) in [7, 11) is 1.56. The van der Waals surface area contributed by atoms with Gasteiger partial charge in [0.25, 0.3) is 5.91 Å². The van der Waals surface area contributed by atoms with Crippen molar-refractivity contribution >= 4 is 5.91 Å². The zero-order chi connectivity index (χ0) is 15.6. The zero-order valence-corrected chi connectivity index (χ0v) is 12.5. The summed E-state index contributed by atoms with van der Waals surface area (Å²) < 4.78 is 17.2. The van der Waals surface area contributed by atoms with Crippen LogP contribution in [-0.4, -0.2) is 60.3 Å². The van der Waals surface area contributed by atoms with E-state index < -0.39 is 24.5 Å². The van der Waals surface area contributed by atoms with Gasteiger partial charge in [0.05, 0.1) is 12.7 Å². The first kappa shape index (κ1) is 16.0. The molecule has 4 atom stereocenters. The SMILES string of the molecule is C=C1NC(=O)C=CN1[C@@H]1O[C@H](CO)[C@H](OC(C)C)C1OC. The number of hydrogen-bond donors (Lipinski definition) is 2. The van der Waals surface area contributed by atoms with Crippen molar-refractivity contribution in [3.8, 4) is 0 Å². The van der Waals surface area contributed by atoms with Crippen LogP contribution >= 0.6 is 0 Å². The van der Waals surface area contributed by atoms with Crippen LogP contribution in [-0.2, 0) is 19.0 Å². The molecule has 1 fully saturated rings. The van der Waals surface area contributed by atoms with Gasteiger partial charge in [-0.15, -0.1) is 0 Å². The Morgan fingerprint density at radius 1 is 1.52 bits per heavy atom. The lowest BCUT2D eigenvalue weighted by Gasteiger charge is -2.34. The second-order valence-electron chi connectivity index (χ2n) is 5.26. The molecule has 0 aromatic rings. The molecule has 7 heteroatoms. The van der Waals surface area contributed by atoms with Gasteiger partial charge in [-0.2, -0.15) is 0 Å². The molecule has 0 radical (unpaired) electrons. The fourth-order valence-corrected chi connectivity index (χ4v) is 2.53. The van der Waals surface area contributed by atoms with Gasteiger partial charge in [-0.25, -0.2) is 0 Å². The van der Waals surface area contributed by atoms with Gasteiger partial charge >= 0.3 is 0 Å². The van der Waals surface area contributed by atoms with Crippen LogP contribution in [0, 0.1) is 0 Å². The van der Waals surface area contributed by atoms with E-state index >= 15 is 0 Å². The Labute approximate surface area is 124 Å². The van der Waals surface area contributed by atoms with E-state index in [0.29, 0.717) is 5.82 Å². The van der Waals surface area contributed by atoms with Crippen LogP contribution in [0.2, 0.25) is 0 Å². The summed E-state index contributed by atoms with van der Waals surface area (Å²) in [5.41, 5.74) is 0. The third kappa shape index (κ3) is 3.26. The Morgan fingerprint density at radius 2 is 2.24 bits per heavy atom. The molecule has 0 aliphatic carbocycles. The summed E-state index contributed by atoms with van der Waals surface area (Å²) in [6.45, 7) is 7.45. The molecule has 0 saturated carbocycles. The van der Waals surface area contributed by atoms with Crippen molar-refractivity contribution in [2.24, 2.45) is 0 Å². The van der Waals surface area contributed by atoms with Crippen molar-refractivity contribution in [1.82, 2.24) is 10.2 Å². The van der Waals surface area contributed by atoms with Gasteiger partial charge in [-0.3, -0.25) is 4.79 Å². The van der Waals surface area contributed by atoms with Gasteiger partial charge < -0.3 is 29.5 Å². The topological polar surface area (TPSA) is 80.3 Å². The van der Waals surface area contributed by atoms with Gasteiger partial charge in [-0.1, -0.05) is 6.58 Å². The predicted molar refractivity (Wildman–Crippen MR) is 74.8 cm³/mol. The molecule has 2 aliphatic heterocycles. The first-order chi connectivity index (χ1) is 9.97. The molecular weight excluding hydrogens is 276 g/mol. The monoisotopic (exact) mass is 298 g/mol. The van der Waals surface area contributed by atoms with Crippen LogP contribution in [0.15, 0.2) is 24.7 Å². The number of aliphatic hydroxyl groups is 1. The number of nitrogens with one attached hydrogen (secondary N) is 1. The molecule has 21 heavy (non-hydrogen) atoms. The van der Waals surface area contributed by atoms with E-state index in [1.807, 2.05) is 13.8 Å². The second kappa shape index (κ2) is 6.57. The maximum Gasteiger partial charge on any atom is 0.250 e. The largest absolute Gasteiger partial charge is 0.394 e. The van der Waals surface area contributed by atoms with Crippen LogP contribution in [0.5, 0.6) is 0 Å². The summed E-state index contributed by atoms with van der Waals surface area (Å²) in [5.74, 6) is 0.160. The van der Waals surface area contributed by atoms with Gasteiger partial charge in [0.2, 0.25) is 0 Å². The molecule has 0 spiro atoms. The quantitative estimate of drug-likeness (QED) is 0.739. The van der Waals surface area contributed by atoms with Crippen LogP contribution in [0.4, 0.5) is 0 Å². The van der Waals surface area contributed by atoms with E-state index in [2.05, 4.69) is 11.9 Å². The number of rotatable bonds is 5. The second-order valence-corrected chi connectivity index (χ2v) is 5.26. The number of nitrogens with zero attached hydrogens (tertiary/aromatic N) is 1. The van der Waals surface area contributed by atoms with E-state index in [9.17, 15) is 9.90 Å². The minimum Gasteiger partial charge on any atom is -0.394 e. The van der Waals surface area contributed by atoms with Crippen LogP contribution in [0.25, 0.3) is 0 Å². The standard InChI is InChI=1S/C14H22N2O5/c1-8(2)20-12-10(7-17)21-14(13(12)19-4)16-6-5-11(18)15-9(16)3/h5-6,8,10,12-14,17H,3,7H2,1-2,4H3,(H,15,18)/t10-,12+,13?,14-/m1/s1. The lowest BCUT2D eigenvalue weighted by atomic mass is 10.1. The van der Waals surface area contributed by atoms with E-state index in [0.717, 1.165) is 0 Å². The normalized spacial score (nSPS) is 32.9. The number of carbonyl (C=O) groups excluding carboxylic acids is 1. The van der Waals surface area contributed by atoms with Crippen molar-refractivity contribution in [1.29, 1.82) is 0 Å². The highest BCUT2D eigenvalue weighted by atomic mass is 16.6. The Balaban J connectivity index is 2.21. The molecule has 0 aromatic carbocycles. The van der Waals surface area contributed by atoms with Crippen molar-refractivity contribution in [3.63, 3.8) is 0 Å². The molecule has 2 heterocycles. The molecule has 0 aromatic heterocycles. The molecule has 1 unspecified atom stereocenters. The molecule has 0 bridgehead atoms. The van der Waals surface area contributed by atoms with E-state index in [4.69, 9.17) is 14.2 Å². The van der Waals surface area contributed by atoms with E-state index in [1.54, 1.807) is 18.2 Å². The zero-order valence-electron chi connectivity index (χ0n) is 12.5. The summed E-state index contributed by atoms with van der Waals surface area (Å²) >= 11 is 0. The highest BCUT2D eigenvalue weighted by Gasteiger charge is 2.48. The van der Waals surface area contributed by atoms with Crippen LogP contribution < -0.4 is 5.32 Å². The third-order valence-electron chi connectivity index (χ3n) is 3.41. The summed E-state index contributed by atoms with van der Waals surface area (Å²) in [6, 6.07) is 0. The van der Waals surface area contributed by atoms with Gasteiger partial charge in [0.15, 0.2) is 6.23 Å². The summed E-state index contributed by atoms with van der Waals surface area (Å²) in [5, 5.41) is 12.1. The molecular formula is C14H22N2O5. The van der Waals surface area contributed by atoms with Crippen molar-refractivity contribution in [2.75, 3.05) is 13.7 Å². The lowest BCUT2D eigenvalue weighted by molar-refractivity contribution is -0.118. The van der Waals surface area contributed by atoms with Crippen LogP contribution in [0.3, 0.4) is 0 Å². The molecule has 2 N–H and O–H groups in total. The lowest BCUT2D eigenvalue weighted by Crippen LogP contribution is -2.48. The summed E-state index contributed by atoms with van der Waals surface area (Å²) in [4.78, 5) is 13.0. The Hall–Kier alpha value is -1.41. The van der Waals surface area contributed by atoms with Crippen molar-refractivity contribution in [2.45, 2.75) is 44.5 Å². The number of hydrogen-bond acceptors (Lipinski definition) is 6. The molecule has 1 amide bonds. The fourth-order valence-electron chi connectivity index (χ4n) is 2.53. The Morgan fingerprint density at radius 3 is 2.76 bits per heavy atom. The highest BCUT2D eigenvalue weighted by Crippen LogP contribution is 2.31. The highest BCUT2D eigenvalue weighted by molar-refractivity contribution is 5.89.